The molecule has 0 saturated carbocycles. The van der Waals surface area contributed by atoms with Crippen molar-refractivity contribution in [2.75, 3.05) is 6.54 Å². The number of amides is 1. The molecule has 0 radical (unpaired) electrons. The minimum Gasteiger partial charge on any atom is -0.483 e. The number of furan rings is 1. The van der Waals surface area contributed by atoms with Crippen molar-refractivity contribution in [1.29, 1.82) is 0 Å². The highest BCUT2D eigenvalue weighted by atomic mass is 16.4. The Bertz CT molecular complexity index is 1130. The van der Waals surface area contributed by atoms with Crippen LogP contribution in [-0.2, 0) is 29.0 Å². The molecule has 0 spiro atoms. The number of carboxylic acid groups (broad SMARTS) is 2. The fourth-order valence-electron chi connectivity index (χ4n) is 3.90. The van der Waals surface area contributed by atoms with Crippen molar-refractivity contribution >= 4 is 29.3 Å². The van der Waals surface area contributed by atoms with Gasteiger partial charge >= 0.3 is 5.97 Å². The number of aromatic amines is 1. The lowest BCUT2D eigenvalue weighted by molar-refractivity contribution is -0.131. The first kappa shape index (κ1) is 21.1. The quantitative estimate of drug-likeness (QED) is 0.561. The van der Waals surface area contributed by atoms with Crippen molar-refractivity contribution in [3.05, 3.63) is 51.5 Å². The van der Waals surface area contributed by atoms with E-state index in [0.717, 1.165) is 27.7 Å². The molecule has 3 heterocycles. The minimum absolute atomic E-state index is 0.00699. The van der Waals surface area contributed by atoms with Gasteiger partial charge in [-0.1, -0.05) is 6.07 Å². The van der Waals surface area contributed by atoms with Crippen molar-refractivity contribution < 1.29 is 29.0 Å². The van der Waals surface area contributed by atoms with Gasteiger partial charge in [-0.25, -0.2) is 4.79 Å². The topological polar surface area (TPSA) is 137 Å². The molecule has 3 N–H and O–H groups in total. The molecule has 3 aromatic rings. The summed E-state index contributed by atoms with van der Waals surface area (Å²) >= 11 is 0. The van der Waals surface area contributed by atoms with Gasteiger partial charge in [-0.05, 0) is 43.9 Å². The summed E-state index contributed by atoms with van der Waals surface area (Å²) in [6.45, 7) is 6.69. The Morgan fingerprint density at radius 3 is 2.67 bits per heavy atom. The van der Waals surface area contributed by atoms with Crippen LogP contribution in [0.4, 0.5) is 0 Å². The Kier molecular flexibility index (Phi) is 5.91. The van der Waals surface area contributed by atoms with Gasteiger partial charge in [0.15, 0.2) is 5.69 Å². The Balaban J connectivity index is 0.000000806. The largest absolute Gasteiger partial charge is 0.483 e. The second-order valence-corrected chi connectivity index (χ2v) is 7.28. The maximum atomic E-state index is 12.9. The highest BCUT2D eigenvalue weighted by molar-refractivity contribution is 5.92. The smallest absolute Gasteiger partial charge is 0.356 e. The first-order valence-electron chi connectivity index (χ1n) is 9.40. The SMILES string of the molecule is Cc1cc(C)c2c(CC(=O)N3CCc4c(C(=O)O)n[nH]c4C3)coc2c1C.O=CO. The third-order valence-corrected chi connectivity index (χ3v) is 5.46. The zero-order valence-corrected chi connectivity index (χ0v) is 17.0. The number of nitrogens with zero attached hydrogens (tertiary/aromatic N) is 2. The van der Waals surface area contributed by atoms with Crippen LogP contribution >= 0.6 is 0 Å². The molecule has 1 aliphatic heterocycles. The van der Waals surface area contributed by atoms with Crippen molar-refractivity contribution in [2.24, 2.45) is 0 Å². The Labute approximate surface area is 172 Å². The van der Waals surface area contributed by atoms with E-state index in [1.54, 1.807) is 11.2 Å². The molecule has 0 aliphatic carbocycles. The van der Waals surface area contributed by atoms with Crippen LogP contribution in [0.25, 0.3) is 11.0 Å². The number of hydrogen-bond acceptors (Lipinski definition) is 5. The van der Waals surface area contributed by atoms with Crippen LogP contribution in [-0.4, -0.2) is 50.2 Å². The van der Waals surface area contributed by atoms with E-state index in [1.807, 2.05) is 13.8 Å². The van der Waals surface area contributed by atoms with Gasteiger partial charge in [0.1, 0.15) is 5.58 Å². The standard InChI is InChI=1S/C20H21N3O4.CH2O2/c1-10-6-11(2)17-13(9-27-19(17)12(10)3)7-16(24)23-5-4-14-15(8-23)21-22-18(14)20(25)26;2-1-3/h6,9H,4-5,7-8H2,1-3H3,(H,21,22)(H,25,26);1H,(H,2,3). The molecule has 9 heteroatoms. The molecule has 4 rings (SSSR count). The van der Waals surface area contributed by atoms with Crippen molar-refractivity contribution in [1.82, 2.24) is 15.1 Å². The number of aryl methyl sites for hydroxylation is 3. The summed E-state index contributed by atoms with van der Waals surface area (Å²) in [5.41, 5.74) is 6.55. The summed E-state index contributed by atoms with van der Waals surface area (Å²) in [5.74, 6) is -1.05. The fraction of sp³-hybridized carbons (Fsp3) is 0.333. The van der Waals surface area contributed by atoms with E-state index in [4.69, 9.17) is 14.3 Å². The Morgan fingerprint density at radius 2 is 2.00 bits per heavy atom. The van der Waals surface area contributed by atoms with Crippen LogP contribution in [0.1, 0.15) is 44.0 Å². The number of carboxylic acids is 1. The van der Waals surface area contributed by atoms with Crippen molar-refractivity contribution in [3.63, 3.8) is 0 Å². The van der Waals surface area contributed by atoms with E-state index in [-0.39, 0.29) is 24.5 Å². The molecule has 1 amide bonds. The van der Waals surface area contributed by atoms with Crippen molar-refractivity contribution in [2.45, 2.75) is 40.2 Å². The van der Waals surface area contributed by atoms with Crippen LogP contribution in [0.15, 0.2) is 16.7 Å². The number of benzene rings is 1. The normalized spacial score (nSPS) is 12.8. The molecule has 0 fully saturated rings. The maximum Gasteiger partial charge on any atom is 0.356 e. The number of nitrogens with one attached hydrogen (secondary N) is 1. The maximum absolute atomic E-state index is 12.9. The number of rotatable bonds is 3. The number of aromatic nitrogens is 2. The first-order chi connectivity index (χ1) is 14.3. The van der Waals surface area contributed by atoms with Crippen LogP contribution < -0.4 is 0 Å². The molecule has 0 saturated heterocycles. The van der Waals surface area contributed by atoms with Crippen LogP contribution in [0.3, 0.4) is 0 Å². The molecule has 30 heavy (non-hydrogen) atoms. The van der Waals surface area contributed by atoms with Gasteiger partial charge in [0, 0.05) is 23.1 Å². The number of aromatic carboxylic acids is 1. The third-order valence-electron chi connectivity index (χ3n) is 5.46. The average molecular weight is 413 g/mol. The Hall–Kier alpha value is -3.62. The third kappa shape index (κ3) is 3.78. The van der Waals surface area contributed by atoms with Gasteiger partial charge < -0.3 is 19.5 Å². The van der Waals surface area contributed by atoms with Gasteiger partial charge in [0.05, 0.1) is 24.9 Å². The molecule has 9 nitrogen and oxygen atoms in total. The summed E-state index contributed by atoms with van der Waals surface area (Å²) in [6, 6.07) is 2.12. The lowest BCUT2D eigenvalue weighted by atomic mass is 9.98. The van der Waals surface area contributed by atoms with Gasteiger partial charge in [0.25, 0.3) is 6.47 Å². The number of fused-ring (bicyclic) bond motifs is 2. The van der Waals surface area contributed by atoms with E-state index in [9.17, 15) is 14.7 Å². The second kappa shape index (κ2) is 8.40. The van der Waals surface area contributed by atoms with E-state index in [0.29, 0.717) is 30.8 Å². The average Bonchev–Trinajstić information content (AvgIpc) is 3.31. The van der Waals surface area contributed by atoms with E-state index < -0.39 is 5.97 Å². The van der Waals surface area contributed by atoms with Gasteiger partial charge in [-0.3, -0.25) is 14.7 Å². The number of carbonyl (C=O) groups is 3. The summed E-state index contributed by atoms with van der Waals surface area (Å²) in [6.07, 6.45) is 2.42. The second-order valence-electron chi connectivity index (χ2n) is 7.28. The Morgan fingerprint density at radius 1 is 1.30 bits per heavy atom. The monoisotopic (exact) mass is 413 g/mol. The van der Waals surface area contributed by atoms with Gasteiger partial charge in [-0.2, -0.15) is 5.10 Å². The summed E-state index contributed by atoms with van der Waals surface area (Å²) in [7, 11) is 0. The zero-order valence-electron chi connectivity index (χ0n) is 17.0. The van der Waals surface area contributed by atoms with Crippen LogP contribution in [0.5, 0.6) is 0 Å². The minimum atomic E-state index is -1.04. The molecule has 2 aromatic heterocycles. The number of hydrogen-bond donors (Lipinski definition) is 3. The summed E-state index contributed by atoms with van der Waals surface area (Å²) in [4.78, 5) is 34.2. The highest BCUT2D eigenvalue weighted by Gasteiger charge is 2.28. The first-order valence-corrected chi connectivity index (χ1v) is 9.40. The predicted octanol–water partition coefficient (Wildman–Crippen LogP) is 2.61. The highest BCUT2D eigenvalue weighted by Crippen LogP contribution is 2.31. The van der Waals surface area contributed by atoms with E-state index in [1.165, 1.54) is 5.56 Å². The fourth-order valence-corrected chi connectivity index (χ4v) is 3.90. The predicted molar refractivity (Wildman–Crippen MR) is 107 cm³/mol. The lowest BCUT2D eigenvalue weighted by Crippen LogP contribution is -2.37. The molecule has 0 atom stereocenters. The molecular formula is C21H23N3O6. The summed E-state index contributed by atoms with van der Waals surface area (Å²) < 4.78 is 5.76. The number of carbonyl (C=O) groups excluding carboxylic acids is 1. The van der Waals surface area contributed by atoms with Crippen LogP contribution in [0.2, 0.25) is 0 Å². The van der Waals surface area contributed by atoms with Crippen molar-refractivity contribution in [3.8, 4) is 0 Å². The summed E-state index contributed by atoms with van der Waals surface area (Å²) in [5, 5.41) is 23.7. The molecular weight excluding hydrogens is 390 g/mol. The van der Waals surface area contributed by atoms with E-state index in [2.05, 4.69) is 23.2 Å². The lowest BCUT2D eigenvalue weighted by Gasteiger charge is -2.26. The molecule has 1 aromatic carbocycles. The van der Waals surface area contributed by atoms with E-state index >= 15 is 0 Å². The zero-order chi connectivity index (χ0) is 22.0. The molecule has 1 aliphatic rings. The van der Waals surface area contributed by atoms with Crippen LogP contribution in [0, 0.1) is 20.8 Å². The molecule has 0 unspecified atom stereocenters. The number of H-pyrrole nitrogens is 1. The van der Waals surface area contributed by atoms with Gasteiger partial charge in [0.2, 0.25) is 5.91 Å². The van der Waals surface area contributed by atoms with Gasteiger partial charge in [-0.15, -0.1) is 0 Å². The molecule has 158 valence electrons. The molecule has 0 bridgehead atoms.